The summed E-state index contributed by atoms with van der Waals surface area (Å²) < 4.78 is 1.76. The standard InChI is InChI=1S/C11H21N3O/c1-3-4-5-6-7-11(10(2)15)14-9-12-8-13-14/h8-11,15H,3-7H2,1-2H3/t10-,11-/m0/s1. The fourth-order valence-electron chi connectivity index (χ4n) is 1.76. The molecule has 86 valence electrons. The van der Waals surface area contributed by atoms with Gasteiger partial charge in [-0.3, -0.25) is 0 Å². The summed E-state index contributed by atoms with van der Waals surface area (Å²) in [6, 6.07) is 0.0735. The zero-order valence-electron chi connectivity index (χ0n) is 9.63. The van der Waals surface area contributed by atoms with Gasteiger partial charge in [0.1, 0.15) is 12.7 Å². The fraction of sp³-hybridized carbons (Fsp3) is 0.818. The van der Waals surface area contributed by atoms with Gasteiger partial charge >= 0.3 is 0 Å². The monoisotopic (exact) mass is 211 g/mol. The molecule has 4 heteroatoms. The van der Waals surface area contributed by atoms with Crippen LogP contribution in [0, 0.1) is 0 Å². The van der Waals surface area contributed by atoms with Crippen LogP contribution >= 0.6 is 0 Å². The van der Waals surface area contributed by atoms with Crippen LogP contribution in [0.5, 0.6) is 0 Å². The van der Waals surface area contributed by atoms with Gasteiger partial charge < -0.3 is 5.11 Å². The van der Waals surface area contributed by atoms with Crippen molar-refractivity contribution in [3.05, 3.63) is 12.7 Å². The SMILES string of the molecule is CCCCCC[C@@H]([C@H](C)O)n1cncn1. The first-order chi connectivity index (χ1) is 7.25. The van der Waals surface area contributed by atoms with Crippen molar-refractivity contribution >= 4 is 0 Å². The van der Waals surface area contributed by atoms with E-state index in [1.807, 2.05) is 6.92 Å². The molecule has 0 bridgehead atoms. The van der Waals surface area contributed by atoms with Gasteiger partial charge in [0.2, 0.25) is 0 Å². The zero-order valence-corrected chi connectivity index (χ0v) is 9.63. The highest BCUT2D eigenvalue weighted by molar-refractivity contribution is 4.73. The van der Waals surface area contributed by atoms with Crippen LogP contribution in [0.25, 0.3) is 0 Å². The maximum absolute atomic E-state index is 9.65. The number of aliphatic hydroxyl groups excluding tert-OH is 1. The maximum Gasteiger partial charge on any atom is 0.137 e. The Morgan fingerprint density at radius 2 is 2.13 bits per heavy atom. The van der Waals surface area contributed by atoms with Crippen LogP contribution in [0.2, 0.25) is 0 Å². The predicted molar refractivity (Wildman–Crippen MR) is 59.5 cm³/mol. The summed E-state index contributed by atoms with van der Waals surface area (Å²) in [5, 5.41) is 13.7. The van der Waals surface area contributed by atoms with Crippen molar-refractivity contribution in [1.82, 2.24) is 14.8 Å². The third kappa shape index (κ3) is 4.00. The van der Waals surface area contributed by atoms with E-state index in [1.165, 1.54) is 25.6 Å². The van der Waals surface area contributed by atoms with E-state index in [-0.39, 0.29) is 12.1 Å². The summed E-state index contributed by atoms with van der Waals surface area (Å²) in [5.41, 5.74) is 0. The average Bonchev–Trinajstić information content (AvgIpc) is 2.70. The number of hydrogen-bond acceptors (Lipinski definition) is 3. The van der Waals surface area contributed by atoms with Crippen LogP contribution in [0.1, 0.15) is 52.0 Å². The molecule has 0 unspecified atom stereocenters. The molecule has 0 aromatic carbocycles. The number of hydrogen-bond donors (Lipinski definition) is 1. The highest BCUT2D eigenvalue weighted by Crippen LogP contribution is 2.18. The normalized spacial score (nSPS) is 15.1. The Labute approximate surface area is 91.3 Å². The molecule has 15 heavy (non-hydrogen) atoms. The van der Waals surface area contributed by atoms with E-state index in [9.17, 15) is 5.11 Å². The van der Waals surface area contributed by atoms with E-state index in [0.29, 0.717) is 0 Å². The second-order valence-corrected chi connectivity index (χ2v) is 4.03. The first-order valence-electron chi connectivity index (χ1n) is 5.78. The zero-order chi connectivity index (χ0) is 11.1. The average molecular weight is 211 g/mol. The minimum absolute atomic E-state index is 0.0735. The van der Waals surface area contributed by atoms with Crippen LogP contribution in [0.3, 0.4) is 0 Å². The topological polar surface area (TPSA) is 50.9 Å². The maximum atomic E-state index is 9.65. The van der Waals surface area contributed by atoms with Gasteiger partial charge in [-0.25, -0.2) is 9.67 Å². The first kappa shape index (κ1) is 12.2. The van der Waals surface area contributed by atoms with Gasteiger partial charge in [0, 0.05) is 0 Å². The van der Waals surface area contributed by atoms with Crippen molar-refractivity contribution in [3.63, 3.8) is 0 Å². The summed E-state index contributed by atoms with van der Waals surface area (Å²) in [5.74, 6) is 0. The van der Waals surface area contributed by atoms with E-state index in [1.54, 1.807) is 11.0 Å². The number of aliphatic hydroxyl groups is 1. The fourth-order valence-corrected chi connectivity index (χ4v) is 1.76. The molecule has 1 aromatic rings. The van der Waals surface area contributed by atoms with Crippen LogP contribution in [-0.2, 0) is 0 Å². The molecule has 0 amide bonds. The molecule has 0 fully saturated rings. The highest BCUT2D eigenvalue weighted by atomic mass is 16.3. The molecule has 0 spiro atoms. The summed E-state index contributed by atoms with van der Waals surface area (Å²) in [7, 11) is 0. The first-order valence-corrected chi connectivity index (χ1v) is 5.78. The molecular formula is C11H21N3O. The Balaban J connectivity index is 2.39. The third-order valence-corrected chi connectivity index (χ3v) is 2.69. The lowest BCUT2D eigenvalue weighted by atomic mass is 10.0. The second-order valence-electron chi connectivity index (χ2n) is 4.03. The summed E-state index contributed by atoms with van der Waals surface area (Å²) in [6.45, 7) is 4.01. The van der Waals surface area contributed by atoms with Crippen molar-refractivity contribution in [2.24, 2.45) is 0 Å². The Morgan fingerprint density at radius 1 is 1.33 bits per heavy atom. The molecule has 0 aliphatic carbocycles. The van der Waals surface area contributed by atoms with Crippen LogP contribution in [-0.4, -0.2) is 26.0 Å². The van der Waals surface area contributed by atoms with Crippen molar-refractivity contribution in [1.29, 1.82) is 0 Å². The molecule has 0 aliphatic rings. The molecule has 0 radical (unpaired) electrons. The Hall–Kier alpha value is -0.900. The third-order valence-electron chi connectivity index (χ3n) is 2.69. The second kappa shape index (κ2) is 6.56. The van der Waals surface area contributed by atoms with Crippen LogP contribution in [0.4, 0.5) is 0 Å². The Morgan fingerprint density at radius 3 is 2.67 bits per heavy atom. The lowest BCUT2D eigenvalue weighted by molar-refractivity contribution is 0.115. The summed E-state index contributed by atoms with van der Waals surface area (Å²) >= 11 is 0. The number of aromatic nitrogens is 3. The van der Waals surface area contributed by atoms with Gasteiger partial charge in [-0.15, -0.1) is 0 Å². The molecule has 0 saturated heterocycles. The lowest BCUT2D eigenvalue weighted by Crippen LogP contribution is -2.21. The summed E-state index contributed by atoms with van der Waals surface area (Å²) in [6.07, 6.45) is 8.68. The Bertz CT molecular complexity index is 246. The smallest absolute Gasteiger partial charge is 0.137 e. The van der Waals surface area contributed by atoms with Crippen molar-refractivity contribution < 1.29 is 5.11 Å². The quantitative estimate of drug-likeness (QED) is 0.703. The van der Waals surface area contributed by atoms with Crippen LogP contribution < -0.4 is 0 Å². The van der Waals surface area contributed by atoms with E-state index in [0.717, 1.165) is 12.8 Å². The van der Waals surface area contributed by atoms with Gasteiger partial charge in [0.05, 0.1) is 12.1 Å². The molecule has 1 rings (SSSR count). The molecule has 0 saturated carbocycles. The Kier molecular flexibility index (Phi) is 5.32. The number of rotatable bonds is 7. The number of unbranched alkanes of at least 4 members (excludes halogenated alkanes) is 3. The minimum atomic E-state index is -0.367. The van der Waals surface area contributed by atoms with Gasteiger partial charge in [-0.2, -0.15) is 5.10 Å². The highest BCUT2D eigenvalue weighted by Gasteiger charge is 2.16. The van der Waals surface area contributed by atoms with Crippen molar-refractivity contribution in [2.45, 2.75) is 58.1 Å². The van der Waals surface area contributed by atoms with Crippen LogP contribution in [0.15, 0.2) is 12.7 Å². The molecular weight excluding hydrogens is 190 g/mol. The molecule has 4 nitrogen and oxygen atoms in total. The van der Waals surface area contributed by atoms with E-state index >= 15 is 0 Å². The summed E-state index contributed by atoms with van der Waals surface area (Å²) in [4.78, 5) is 3.91. The van der Waals surface area contributed by atoms with Crippen molar-refractivity contribution in [3.8, 4) is 0 Å². The molecule has 1 N–H and O–H groups in total. The van der Waals surface area contributed by atoms with E-state index in [2.05, 4.69) is 17.0 Å². The molecule has 2 atom stereocenters. The van der Waals surface area contributed by atoms with Gasteiger partial charge in [-0.05, 0) is 13.3 Å². The number of nitrogens with zero attached hydrogens (tertiary/aromatic N) is 3. The van der Waals surface area contributed by atoms with Gasteiger partial charge in [0.15, 0.2) is 0 Å². The van der Waals surface area contributed by atoms with E-state index < -0.39 is 0 Å². The van der Waals surface area contributed by atoms with Gasteiger partial charge in [-0.1, -0.05) is 32.6 Å². The van der Waals surface area contributed by atoms with Crippen molar-refractivity contribution in [2.75, 3.05) is 0 Å². The van der Waals surface area contributed by atoms with E-state index in [4.69, 9.17) is 0 Å². The largest absolute Gasteiger partial charge is 0.391 e. The molecule has 1 heterocycles. The molecule has 0 aliphatic heterocycles. The van der Waals surface area contributed by atoms with Gasteiger partial charge in [0.25, 0.3) is 0 Å². The predicted octanol–water partition coefficient (Wildman–Crippen LogP) is 2.17. The molecule has 1 aromatic heterocycles. The lowest BCUT2D eigenvalue weighted by Gasteiger charge is -2.19. The minimum Gasteiger partial charge on any atom is -0.391 e.